The quantitative estimate of drug-likeness (QED) is 0.746. The van der Waals surface area contributed by atoms with Crippen molar-refractivity contribution in [1.82, 2.24) is 9.62 Å². The summed E-state index contributed by atoms with van der Waals surface area (Å²) in [6, 6.07) is 3.98. The van der Waals surface area contributed by atoms with Crippen LogP contribution >= 0.6 is 11.3 Å². The van der Waals surface area contributed by atoms with E-state index >= 15 is 0 Å². The molecule has 0 unspecified atom stereocenters. The van der Waals surface area contributed by atoms with Gasteiger partial charge in [0.05, 0.1) is 6.54 Å². The second-order valence-corrected chi connectivity index (χ2v) is 8.05. The highest BCUT2D eigenvalue weighted by Crippen LogP contribution is 2.25. The van der Waals surface area contributed by atoms with Gasteiger partial charge in [-0.05, 0) is 18.6 Å². The van der Waals surface area contributed by atoms with E-state index in [2.05, 4.69) is 25.1 Å². The number of nitrogens with zero attached hydrogens (tertiary/aromatic N) is 1. The molecule has 0 saturated carbocycles. The number of nitrogens with one attached hydrogen (secondary N) is 1. The Balaban J connectivity index is 2.77. The first-order valence-corrected chi connectivity index (χ1v) is 8.93. The number of hydrogen-bond donors (Lipinski definition) is 1. The number of rotatable bonds is 8. The Morgan fingerprint density at radius 1 is 1.45 bits per heavy atom. The molecule has 0 atom stereocenters. The van der Waals surface area contributed by atoms with Gasteiger partial charge in [0, 0.05) is 24.0 Å². The molecule has 6 heteroatoms. The van der Waals surface area contributed by atoms with E-state index in [0.29, 0.717) is 16.8 Å². The van der Waals surface area contributed by atoms with Gasteiger partial charge in [0.15, 0.2) is 0 Å². The van der Waals surface area contributed by atoms with E-state index in [1.54, 1.807) is 13.0 Å². The first-order chi connectivity index (χ1) is 9.41. The van der Waals surface area contributed by atoms with Gasteiger partial charge in [0.1, 0.15) is 4.21 Å². The molecule has 0 aliphatic heterocycles. The molecule has 0 spiro atoms. The molecule has 0 fully saturated rings. The highest BCUT2D eigenvalue weighted by molar-refractivity contribution is 7.91. The SMILES string of the molecule is C#CCN(CC)S(=O)(=O)c1ccc(CCNC(C)C)s1. The van der Waals surface area contributed by atoms with Crippen molar-refractivity contribution in [2.24, 2.45) is 0 Å². The Morgan fingerprint density at radius 3 is 2.70 bits per heavy atom. The van der Waals surface area contributed by atoms with Crippen LogP contribution in [0.4, 0.5) is 0 Å². The van der Waals surface area contributed by atoms with Crippen LogP contribution in [0.5, 0.6) is 0 Å². The minimum absolute atomic E-state index is 0.112. The normalized spacial score (nSPS) is 12.0. The van der Waals surface area contributed by atoms with Crippen molar-refractivity contribution in [3.63, 3.8) is 0 Å². The van der Waals surface area contributed by atoms with Crippen LogP contribution in [-0.2, 0) is 16.4 Å². The van der Waals surface area contributed by atoms with Gasteiger partial charge >= 0.3 is 0 Å². The number of terminal acetylenes is 1. The van der Waals surface area contributed by atoms with E-state index in [9.17, 15) is 8.42 Å². The maximum Gasteiger partial charge on any atom is 0.253 e. The van der Waals surface area contributed by atoms with Crippen LogP contribution in [0.25, 0.3) is 0 Å². The third-order valence-corrected chi connectivity index (χ3v) is 6.31. The summed E-state index contributed by atoms with van der Waals surface area (Å²) in [5.74, 6) is 2.39. The van der Waals surface area contributed by atoms with Crippen LogP contribution in [0.15, 0.2) is 16.3 Å². The van der Waals surface area contributed by atoms with Crippen molar-refractivity contribution in [3.8, 4) is 12.3 Å². The maximum atomic E-state index is 12.4. The summed E-state index contributed by atoms with van der Waals surface area (Å²) in [7, 11) is -3.44. The largest absolute Gasteiger partial charge is 0.314 e. The van der Waals surface area contributed by atoms with Crippen molar-refractivity contribution in [3.05, 3.63) is 17.0 Å². The van der Waals surface area contributed by atoms with Crippen molar-refractivity contribution in [2.75, 3.05) is 19.6 Å². The molecule has 4 nitrogen and oxygen atoms in total. The zero-order valence-corrected chi connectivity index (χ0v) is 13.9. The summed E-state index contributed by atoms with van der Waals surface area (Å²) >= 11 is 1.32. The third-order valence-electron chi connectivity index (χ3n) is 2.78. The maximum absolute atomic E-state index is 12.4. The zero-order valence-electron chi connectivity index (χ0n) is 12.2. The van der Waals surface area contributed by atoms with Crippen LogP contribution in [-0.4, -0.2) is 38.4 Å². The Labute approximate surface area is 126 Å². The lowest BCUT2D eigenvalue weighted by Crippen LogP contribution is -2.30. The van der Waals surface area contributed by atoms with E-state index in [1.807, 2.05) is 6.07 Å². The van der Waals surface area contributed by atoms with Crippen LogP contribution in [0.1, 0.15) is 25.6 Å². The van der Waals surface area contributed by atoms with Crippen molar-refractivity contribution in [2.45, 2.75) is 37.4 Å². The Kier molecular flexibility index (Phi) is 6.69. The first-order valence-electron chi connectivity index (χ1n) is 6.67. The fourth-order valence-corrected chi connectivity index (χ4v) is 4.58. The summed E-state index contributed by atoms with van der Waals surface area (Å²) < 4.78 is 26.4. The fraction of sp³-hybridized carbons (Fsp3) is 0.571. The number of sulfonamides is 1. The predicted molar refractivity (Wildman–Crippen MR) is 84.4 cm³/mol. The zero-order chi connectivity index (χ0) is 15.2. The topological polar surface area (TPSA) is 49.4 Å². The summed E-state index contributed by atoms with van der Waals surface area (Å²) in [6.45, 7) is 7.30. The molecule has 1 rings (SSSR count). The second-order valence-electron chi connectivity index (χ2n) is 4.71. The van der Waals surface area contributed by atoms with Gasteiger partial charge in [0.2, 0.25) is 0 Å². The summed E-state index contributed by atoms with van der Waals surface area (Å²) in [5.41, 5.74) is 0. The molecule has 0 aromatic carbocycles. The van der Waals surface area contributed by atoms with E-state index in [4.69, 9.17) is 6.42 Å². The van der Waals surface area contributed by atoms with Crippen molar-refractivity contribution in [1.29, 1.82) is 0 Å². The molecular formula is C14H22N2O2S2. The lowest BCUT2D eigenvalue weighted by atomic mass is 10.3. The number of hydrogen-bond acceptors (Lipinski definition) is 4. The predicted octanol–water partition coefficient (Wildman–Crippen LogP) is 1.93. The van der Waals surface area contributed by atoms with Crippen LogP contribution in [0, 0.1) is 12.3 Å². The van der Waals surface area contributed by atoms with E-state index < -0.39 is 10.0 Å². The van der Waals surface area contributed by atoms with Gasteiger partial charge < -0.3 is 5.32 Å². The summed E-state index contributed by atoms with van der Waals surface area (Å²) in [4.78, 5) is 1.06. The Bertz CT molecular complexity index is 556. The summed E-state index contributed by atoms with van der Waals surface area (Å²) in [5, 5.41) is 3.32. The molecule has 0 radical (unpaired) electrons. The van der Waals surface area contributed by atoms with E-state index in [-0.39, 0.29) is 6.54 Å². The van der Waals surface area contributed by atoms with Crippen LogP contribution < -0.4 is 5.32 Å². The molecular weight excluding hydrogens is 292 g/mol. The monoisotopic (exact) mass is 314 g/mol. The minimum Gasteiger partial charge on any atom is -0.314 e. The molecule has 20 heavy (non-hydrogen) atoms. The molecule has 0 aliphatic carbocycles. The lowest BCUT2D eigenvalue weighted by Gasteiger charge is -2.16. The molecule has 112 valence electrons. The van der Waals surface area contributed by atoms with Gasteiger partial charge in [-0.25, -0.2) is 8.42 Å². The molecule has 0 aliphatic rings. The fourth-order valence-electron chi connectivity index (χ4n) is 1.71. The molecule has 1 aromatic rings. The standard InChI is InChI=1S/C14H22N2O2S2/c1-5-11-16(6-2)20(17,18)14-8-7-13(19-14)9-10-15-12(3)4/h1,7-8,12,15H,6,9-11H2,2-4H3. The highest BCUT2D eigenvalue weighted by Gasteiger charge is 2.24. The van der Waals surface area contributed by atoms with Gasteiger partial charge in [-0.3, -0.25) is 0 Å². The highest BCUT2D eigenvalue weighted by atomic mass is 32.2. The minimum atomic E-state index is -3.44. The first kappa shape index (κ1) is 17.2. The molecule has 1 heterocycles. The number of thiophene rings is 1. The van der Waals surface area contributed by atoms with Gasteiger partial charge in [0.25, 0.3) is 10.0 Å². The third kappa shape index (κ3) is 4.60. The van der Waals surface area contributed by atoms with Gasteiger partial charge in [-0.2, -0.15) is 4.31 Å². The lowest BCUT2D eigenvalue weighted by molar-refractivity contribution is 0.466. The molecule has 0 saturated heterocycles. The van der Waals surface area contributed by atoms with Crippen LogP contribution in [0.2, 0.25) is 0 Å². The van der Waals surface area contributed by atoms with Gasteiger partial charge in [-0.1, -0.05) is 26.7 Å². The molecule has 0 bridgehead atoms. The smallest absolute Gasteiger partial charge is 0.253 e. The van der Waals surface area contributed by atoms with Crippen molar-refractivity contribution < 1.29 is 8.42 Å². The van der Waals surface area contributed by atoms with E-state index in [0.717, 1.165) is 17.8 Å². The van der Waals surface area contributed by atoms with Crippen molar-refractivity contribution >= 4 is 21.4 Å². The average Bonchev–Trinajstić information content (AvgIpc) is 2.84. The Hall–Kier alpha value is -0.870. The van der Waals surface area contributed by atoms with Gasteiger partial charge in [-0.15, -0.1) is 17.8 Å². The van der Waals surface area contributed by atoms with Crippen LogP contribution in [0.3, 0.4) is 0 Å². The molecule has 0 amide bonds. The summed E-state index contributed by atoms with van der Waals surface area (Å²) in [6.07, 6.45) is 6.05. The Morgan fingerprint density at radius 2 is 2.15 bits per heavy atom. The van der Waals surface area contributed by atoms with E-state index in [1.165, 1.54) is 15.6 Å². The molecule has 1 N–H and O–H groups in total. The second kappa shape index (κ2) is 7.79. The molecule has 1 aromatic heterocycles. The average molecular weight is 314 g/mol.